The van der Waals surface area contributed by atoms with Gasteiger partial charge in [-0.25, -0.2) is 0 Å². The number of hydrogen-bond donors (Lipinski definition) is 1. The van der Waals surface area contributed by atoms with Gasteiger partial charge in [0.1, 0.15) is 0 Å². The van der Waals surface area contributed by atoms with Gasteiger partial charge in [0.25, 0.3) is 0 Å². The van der Waals surface area contributed by atoms with E-state index in [1.165, 1.54) is 19.3 Å². The SMILES string of the molecule is C[C@@H]1CC[C@@]2(O)[C@@H]1[C@H]1[C@@H](CC[C@@H]2C)C1(C)C. The predicted molar refractivity (Wildman–Crippen MR) is 66.0 cm³/mol. The third-order valence-electron chi connectivity index (χ3n) is 6.48. The Bertz CT molecular complexity index is 309. The average molecular weight is 222 g/mol. The van der Waals surface area contributed by atoms with E-state index in [9.17, 15) is 5.11 Å². The Balaban J connectivity index is 1.98. The molecule has 0 spiro atoms. The van der Waals surface area contributed by atoms with Gasteiger partial charge in [-0.3, -0.25) is 0 Å². The van der Waals surface area contributed by atoms with Gasteiger partial charge < -0.3 is 5.11 Å². The minimum absolute atomic E-state index is 0.327. The first-order valence-corrected chi connectivity index (χ1v) is 7.11. The molecule has 3 aliphatic carbocycles. The highest BCUT2D eigenvalue weighted by molar-refractivity contribution is 5.17. The van der Waals surface area contributed by atoms with E-state index in [4.69, 9.17) is 0 Å². The molecule has 0 saturated heterocycles. The second-order valence-electron chi connectivity index (χ2n) is 7.47. The van der Waals surface area contributed by atoms with Crippen molar-refractivity contribution in [3.05, 3.63) is 0 Å². The zero-order chi connectivity index (χ0) is 11.7. The van der Waals surface area contributed by atoms with Crippen molar-refractivity contribution < 1.29 is 5.11 Å². The quantitative estimate of drug-likeness (QED) is 0.665. The highest BCUT2D eigenvalue weighted by Gasteiger charge is 2.68. The van der Waals surface area contributed by atoms with Crippen molar-refractivity contribution in [1.29, 1.82) is 0 Å². The maximum absolute atomic E-state index is 11.1. The first-order valence-electron chi connectivity index (χ1n) is 7.11. The van der Waals surface area contributed by atoms with E-state index in [0.29, 0.717) is 17.3 Å². The van der Waals surface area contributed by atoms with Crippen LogP contribution in [0.3, 0.4) is 0 Å². The molecule has 0 aliphatic heterocycles. The highest BCUT2D eigenvalue weighted by Crippen LogP contribution is 2.71. The fourth-order valence-corrected chi connectivity index (χ4v) is 5.27. The van der Waals surface area contributed by atoms with Gasteiger partial charge in [0.15, 0.2) is 0 Å². The molecule has 3 rings (SSSR count). The average Bonchev–Trinajstić information content (AvgIpc) is 2.64. The van der Waals surface area contributed by atoms with E-state index >= 15 is 0 Å². The third-order valence-corrected chi connectivity index (χ3v) is 6.48. The highest BCUT2D eigenvalue weighted by atomic mass is 16.3. The van der Waals surface area contributed by atoms with Gasteiger partial charge in [-0.15, -0.1) is 0 Å². The summed E-state index contributed by atoms with van der Waals surface area (Å²) in [6.45, 7) is 9.49. The predicted octanol–water partition coefficient (Wildman–Crippen LogP) is 3.47. The van der Waals surface area contributed by atoms with Crippen molar-refractivity contribution in [3.8, 4) is 0 Å². The van der Waals surface area contributed by atoms with Gasteiger partial charge in [0, 0.05) is 0 Å². The number of aliphatic hydroxyl groups is 1. The lowest BCUT2D eigenvalue weighted by atomic mass is 9.73. The maximum Gasteiger partial charge on any atom is 0.0706 e. The summed E-state index contributed by atoms with van der Waals surface area (Å²) >= 11 is 0. The molecule has 1 N–H and O–H groups in total. The molecule has 0 heterocycles. The molecular weight excluding hydrogens is 196 g/mol. The number of fused-ring (bicyclic) bond motifs is 3. The van der Waals surface area contributed by atoms with Crippen LogP contribution in [-0.2, 0) is 0 Å². The van der Waals surface area contributed by atoms with Crippen LogP contribution in [0.1, 0.15) is 53.4 Å². The molecule has 16 heavy (non-hydrogen) atoms. The van der Waals surface area contributed by atoms with Gasteiger partial charge in [0.2, 0.25) is 0 Å². The van der Waals surface area contributed by atoms with Crippen LogP contribution >= 0.6 is 0 Å². The van der Waals surface area contributed by atoms with E-state index in [2.05, 4.69) is 27.7 Å². The molecule has 0 radical (unpaired) electrons. The fraction of sp³-hybridized carbons (Fsp3) is 1.00. The van der Waals surface area contributed by atoms with Crippen LogP contribution in [0.5, 0.6) is 0 Å². The lowest BCUT2D eigenvalue weighted by Crippen LogP contribution is -2.42. The normalized spacial score (nSPS) is 58.7. The van der Waals surface area contributed by atoms with Crippen LogP contribution in [0.4, 0.5) is 0 Å². The third kappa shape index (κ3) is 1.16. The standard InChI is InChI=1S/C15H26O/c1-9-7-8-15(16)10(2)5-6-11-13(12(9)15)14(11,3)4/h9-13,16H,5-8H2,1-4H3/t9-,10+,11-,12+,13-,15+/m1/s1. The van der Waals surface area contributed by atoms with E-state index < -0.39 is 0 Å². The Hall–Kier alpha value is -0.0400. The summed E-state index contributed by atoms with van der Waals surface area (Å²) in [7, 11) is 0. The molecule has 0 aromatic carbocycles. The molecule has 0 aromatic rings. The molecule has 0 amide bonds. The van der Waals surface area contributed by atoms with Crippen LogP contribution in [0.15, 0.2) is 0 Å². The molecule has 3 fully saturated rings. The monoisotopic (exact) mass is 222 g/mol. The number of rotatable bonds is 0. The summed E-state index contributed by atoms with van der Waals surface area (Å²) in [6, 6.07) is 0. The molecule has 1 nitrogen and oxygen atoms in total. The second kappa shape index (κ2) is 3.04. The van der Waals surface area contributed by atoms with Crippen molar-refractivity contribution in [2.24, 2.45) is 35.0 Å². The molecule has 0 bridgehead atoms. The minimum atomic E-state index is -0.327. The van der Waals surface area contributed by atoms with E-state index in [1.807, 2.05) is 0 Å². The van der Waals surface area contributed by atoms with Crippen LogP contribution in [-0.4, -0.2) is 10.7 Å². The van der Waals surface area contributed by atoms with Crippen LogP contribution in [0, 0.1) is 35.0 Å². The maximum atomic E-state index is 11.1. The van der Waals surface area contributed by atoms with Crippen LogP contribution in [0.2, 0.25) is 0 Å². The van der Waals surface area contributed by atoms with Crippen LogP contribution in [0.25, 0.3) is 0 Å². The lowest BCUT2D eigenvalue weighted by molar-refractivity contribution is -0.0624. The smallest absolute Gasteiger partial charge is 0.0706 e. The van der Waals surface area contributed by atoms with Gasteiger partial charge in [-0.1, -0.05) is 27.7 Å². The number of hydrogen-bond acceptors (Lipinski definition) is 1. The molecule has 1 heteroatoms. The molecule has 0 unspecified atom stereocenters. The fourth-order valence-electron chi connectivity index (χ4n) is 5.27. The zero-order valence-electron chi connectivity index (χ0n) is 11.2. The molecule has 3 saturated carbocycles. The lowest BCUT2D eigenvalue weighted by Gasteiger charge is -2.37. The first kappa shape index (κ1) is 11.1. The Kier molecular flexibility index (Phi) is 2.11. The van der Waals surface area contributed by atoms with Crippen molar-refractivity contribution >= 4 is 0 Å². The summed E-state index contributed by atoms with van der Waals surface area (Å²) in [6.07, 6.45) is 4.89. The summed E-state index contributed by atoms with van der Waals surface area (Å²) in [5, 5.41) is 11.1. The summed E-state index contributed by atoms with van der Waals surface area (Å²) in [5.41, 5.74) is 0.185. The van der Waals surface area contributed by atoms with Gasteiger partial charge in [0.05, 0.1) is 5.60 Å². The van der Waals surface area contributed by atoms with E-state index in [0.717, 1.165) is 24.2 Å². The van der Waals surface area contributed by atoms with Crippen molar-refractivity contribution in [2.45, 2.75) is 59.0 Å². The van der Waals surface area contributed by atoms with E-state index in [-0.39, 0.29) is 5.60 Å². The Morgan fingerprint density at radius 3 is 2.38 bits per heavy atom. The van der Waals surface area contributed by atoms with Crippen molar-refractivity contribution in [3.63, 3.8) is 0 Å². The van der Waals surface area contributed by atoms with Gasteiger partial charge in [-0.2, -0.15) is 0 Å². The molecule has 0 aromatic heterocycles. The summed E-state index contributed by atoms with van der Waals surface area (Å²) in [5.74, 6) is 3.55. The molecule has 6 atom stereocenters. The Labute approximate surface area is 99.6 Å². The summed E-state index contributed by atoms with van der Waals surface area (Å²) < 4.78 is 0. The van der Waals surface area contributed by atoms with Crippen molar-refractivity contribution in [1.82, 2.24) is 0 Å². The molecular formula is C15H26O. The zero-order valence-corrected chi connectivity index (χ0v) is 11.2. The second-order valence-corrected chi connectivity index (χ2v) is 7.47. The van der Waals surface area contributed by atoms with Gasteiger partial charge >= 0.3 is 0 Å². The minimum Gasteiger partial charge on any atom is -0.389 e. The first-order chi connectivity index (χ1) is 7.39. The Morgan fingerprint density at radius 2 is 1.69 bits per heavy atom. The molecule has 3 aliphatic rings. The Morgan fingerprint density at radius 1 is 1.00 bits per heavy atom. The largest absolute Gasteiger partial charge is 0.389 e. The molecule has 92 valence electrons. The van der Waals surface area contributed by atoms with Crippen LogP contribution < -0.4 is 0 Å². The topological polar surface area (TPSA) is 20.2 Å². The van der Waals surface area contributed by atoms with Gasteiger partial charge in [-0.05, 0) is 60.7 Å². The van der Waals surface area contributed by atoms with Crippen molar-refractivity contribution in [2.75, 3.05) is 0 Å². The van der Waals surface area contributed by atoms with E-state index in [1.54, 1.807) is 0 Å². The summed E-state index contributed by atoms with van der Waals surface area (Å²) in [4.78, 5) is 0.